The first-order chi connectivity index (χ1) is 14.5. The highest BCUT2D eigenvalue weighted by Gasteiger charge is 2.15. The van der Waals surface area contributed by atoms with E-state index in [-0.39, 0.29) is 23.3 Å². The van der Waals surface area contributed by atoms with E-state index in [4.69, 9.17) is 15.2 Å². The van der Waals surface area contributed by atoms with Crippen LogP contribution in [0.15, 0.2) is 67.4 Å². The third kappa shape index (κ3) is 5.10. The van der Waals surface area contributed by atoms with E-state index in [1.165, 1.54) is 6.20 Å². The fourth-order valence-corrected chi connectivity index (χ4v) is 2.45. The quantitative estimate of drug-likeness (QED) is 0.491. The van der Waals surface area contributed by atoms with Gasteiger partial charge in [-0.25, -0.2) is 4.98 Å². The van der Waals surface area contributed by atoms with Crippen molar-refractivity contribution in [3.05, 3.63) is 72.9 Å². The number of rotatable bonds is 8. The second-order valence-corrected chi connectivity index (χ2v) is 5.96. The van der Waals surface area contributed by atoms with Crippen LogP contribution >= 0.6 is 0 Å². The zero-order chi connectivity index (χ0) is 21.5. The molecule has 3 rings (SSSR count). The van der Waals surface area contributed by atoms with E-state index in [9.17, 15) is 9.59 Å². The first kappa shape index (κ1) is 20.3. The van der Waals surface area contributed by atoms with Crippen molar-refractivity contribution in [2.45, 2.75) is 0 Å². The number of carbonyl (C=O) groups is 2. The average Bonchev–Trinajstić information content (AvgIpc) is 2.74. The Morgan fingerprint density at radius 3 is 2.50 bits per heavy atom. The molecule has 0 aliphatic carbocycles. The highest BCUT2D eigenvalue weighted by Crippen LogP contribution is 2.27. The fourth-order valence-electron chi connectivity index (χ4n) is 2.45. The molecule has 2 amide bonds. The van der Waals surface area contributed by atoms with Crippen molar-refractivity contribution in [1.82, 2.24) is 9.97 Å². The summed E-state index contributed by atoms with van der Waals surface area (Å²) >= 11 is 0. The number of carbonyl (C=O) groups excluding carboxylic acids is 2. The lowest BCUT2D eigenvalue weighted by molar-refractivity contribution is -0.111. The van der Waals surface area contributed by atoms with E-state index < -0.39 is 5.91 Å². The van der Waals surface area contributed by atoms with E-state index in [0.717, 1.165) is 6.08 Å². The number of nitrogens with zero attached hydrogens (tertiary/aromatic N) is 2. The molecule has 1 heterocycles. The minimum Gasteiger partial charge on any atom is -0.497 e. The highest BCUT2D eigenvalue weighted by molar-refractivity contribution is 5.99. The first-order valence-corrected chi connectivity index (χ1v) is 8.77. The summed E-state index contributed by atoms with van der Waals surface area (Å²) in [5, 5.41) is 5.64. The number of methoxy groups -OCH3 is 1. The molecule has 0 saturated carbocycles. The monoisotopic (exact) mass is 405 g/mol. The Balaban J connectivity index is 1.88. The smallest absolute Gasteiger partial charge is 0.255 e. The molecule has 4 N–H and O–H groups in total. The van der Waals surface area contributed by atoms with Gasteiger partial charge in [-0.15, -0.1) is 0 Å². The molecule has 3 aromatic rings. The van der Waals surface area contributed by atoms with E-state index in [0.29, 0.717) is 22.9 Å². The average molecular weight is 405 g/mol. The summed E-state index contributed by atoms with van der Waals surface area (Å²) in [7, 11) is 1.56. The number of benzene rings is 2. The Morgan fingerprint density at radius 1 is 1.10 bits per heavy atom. The maximum Gasteiger partial charge on any atom is 0.255 e. The topological polar surface area (TPSA) is 128 Å². The number of hydrogen-bond acceptors (Lipinski definition) is 7. The molecule has 152 valence electrons. The molecule has 9 heteroatoms. The SMILES string of the molecule is C=CC(=O)Nc1cccc(Oc2nc(Nc3cccc(OC)c3)ncc2C(N)=O)c1. The molecule has 0 bridgehead atoms. The molecule has 0 spiro atoms. The van der Waals surface area contributed by atoms with Gasteiger partial charge in [0, 0.05) is 29.7 Å². The molecular formula is C21H19N5O4. The molecular weight excluding hydrogens is 386 g/mol. The van der Waals surface area contributed by atoms with Crippen molar-refractivity contribution in [3.8, 4) is 17.4 Å². The Kier molecular flexibility index (Phi) is 6.23. The number of aromatic nitrogens is 2. The molecule has 9 nitrogen and oxygen atoms in total. The molecule has 30 heavy (non-hydrogen) atoms. The van der Waals surface area contributed by atoms with E-state index in [1.54, 1.807) is 55.6 Å². The van der Waals surface area contributed by atoms with Crippen LogP contribution in [0.5, 0.6) is 17.4 Å². The van der Waals surface area contributed by atoms with E-state index >= 15 is 0 Å². The second kappa shape index (κ2) is 9.20. The minimum atomic E-state index is -0.742. The summed E-state index contributed by atoms with van der Waals surface area (Å²) in [5.74, 6) is 0.0503. The third-order valence-corrected chi connectivity index (χ3v) is 3.85. The molecule has 0 atom stereocenters. The van der Waals surface area contributed by atoms with Crippen LogP contribution in [0.25, 0.3) is 0 Å². The number of hydrogen-bond donors (Lipinski definition) is 3. The van der Waals surface area contributed by atoms with Gasteiger partial charge in [0.1, 0.15) is 17.1 Å². The Bertz CT molecular complexity index is 1100. The largest absolute Gasteiger partial charge is 0.497 e. The van der Waals surface area contributed by atoms with Crippen LogP contribution in [0.2, 0.25) is 0 Å². The van der Waals surface area contributed by atoms with Crippen LogP contribution in [0.1, 0.15) is 10.4 Å². The number of amides is 2. The first-order valence-electron chi connectivity index (χ1n) is 8.77. The van der Waals surface area contributed by atoms with Gasteiger partial charge in [0.15, 0.2) is 0 Å². The van der Waals surface area contributed by atoms with Crippen molar-refractivity contribution >= 4 is 29.1 Å². The Hall–Kier alpha value is -4.40. The van der Waals surface area contributed by atoms with Gasteiger partial charge in [0.05, 0.1) is 7.11 Å². The van der Waals surface area contributed by atoms with Crippen molar-refractivity contribution in [2.75, 3.05) is 17.7 Å². The second-order valence-electron chi connectivity index (χ2n) is 5.96. The van der Waals surface area contributed by atoms with Crippen LogP contribution in [-0.4, -0.2) is 28.9 Å². The van der Waals surface area contributed by atoms with Gasteiger partial charge in [0.2, 0.25) is 17.7 Å². The minimum absolute atomic E-state index is 0.00622. The summed E-state index contributed by atoms with van der Waals surface area (Å²) < 4.78 is 10.9. The standard InChI is InChI=1S/C21H19N5O4/c1-3-18(27)24-13-6-5-9-16(11-13)30-20-17(19(22)28)12-23-21(26-20)25-14-7-4-8-15(10-14)29-2/h3-12H,1H2,2H3,(H2,22,28)(H,24,27)(H,23,25,26). The van der Waals surface area contributed by atoms with Crippen molar-refractivity contribution < 1.29 is 19.1 Å². The van der Waals surface area contributed by atoms with E-state index in [1.807, 2.05) is 0 Å². The predicted molar refractivity (Wildman–Crippen MR) is 112 cm³/mol. The molecule has 1 aromatic heterocycles. The predicted octanol–water partition coefficient (Wildman–Crippen LogP) is 3.24. The van der Waals surface area contributed by atoms with Crippen molar-refractivity contribution in [1.29, 1.82) is 0 Å². The van der Waals surface area contributed by atoms with Gasteiger partial charge in [-0.3, -0.25) is 9.59 Å². The van der Waals surface area contributed by atoms with Gasteiger partial charge >= 0.3 is 0 Å². The fraction of sp³-hybridized carbons (Fsp3) is 0.0476. The number of ether oxygens (including phenoxy) is 2. The van der Waals surface area contributed by atoms with Crippen molar-refractivity contribution in [2.24, 2.45) is 5.73 Å². The Morgan fingerprint density at radius 2 is 1.80 bits per heavy atom. The molecule has 0 saturated heterocycles. The molecule has 0 aliphatic heterocycles. The summed E-state index contributed by atoms with van der Waals surface area (Å²) in [6, 6.07) is 13.7. The normalized spacial score (nSPS) is 10.0. The molecule has 0 aliphatic rings. The maximum atomic E-state index is 11.8. The highest BCUT2D eigenvalue weighted by atomic mass is 16.5. The van der Waals surface area contributed by atoms with Gasteiger partial charge in [0.25, 0.3) is 5.91 Å². The molecule has 0 radical (unpaired) electrons. The zero-order valence-electron chi connectivity index (χ0n) is 16.1. The van der Waals surface area contributed by atoms with Crippen LogP contribution in [0, 0.1) is 0 Å². The number of nitrogens with one attached hydrogen (secondary N) is 2. The lowest BCUT2D eigenvalue weighted by Crippen LogP contribution is -2.14. The number of anilines is 3. The number of primary amides is 1. The summed E-state index contributed by atoms with van der Waals surface area (Å²) in [6.07, 6.45) is 2.43. The van der Waals surface area contributed by atoms with Crippen LogP contribution in [0.4, 0.5) is 17.3 Å². The van der Waals surface area contributed by atoms with Gasteiger partial charge < -0.3 is 25.8 Å². The molecule has 2 aromatic carbocycles. The molecule has 0 unspecified atom stereocenters. The summed E-state index contributed by atoms with van der Waals surface area (Å²) in [5.41, 5.74) is 6.59. The van der Waals surface area contributed by atoms with Crippen LogP contribution < -0.4 is 25.8 Å². The van der Waals surface area contributed by atoms with Crippen LogP contribution in [-0.2, 0) is 4.79 Å². The van der Waals surface area contributed by atoms with Gasteiger partial charge in [-0.2, -0.15) is 4.98 Å². The third-order valence-electron chi connectivity index (χ3n) is 3.85. The number of nitrogens with two attached hydrogens (primary N) is 1. The van der Waals surface area contributed by atoms with Crippen LogP contribution in [0.3, 0.4) is 0 Å². The molecule has 0 fully saturated rings. The summed E-state index contributed by atoms with van der Waals surface area (Å²) in [4.78, 5) is 31.6. The Labute approximate surface area is 172 Å². The van der Waals surface area contributed by atoms with Gasteiger partial charge in [-0.1, -0.05) is 18.7 Å². The van der Waals surface area contributed by atoms with E-state index in [2.05, 4.69) is 27.2 Å². The maximum absolute atomic E-state index is 11.8. The lowest BCUT2D eigenvalue weighted by atomic mass is 10.3. The summed E-state index contributed by atoms with van der Waals surface area (Å²) in [6.45, 7) is 3.41. The lowest BCUT2D eigenvalue weighted by Gasteiger charge is -2.12. The van der Waals surface area contributed by atoms with Crippen molar-refractivity contribution in [3.63, 3.8) is 0 Å². The van der Waals surface area contributed by atoms with Gasteiger partial charge in [-0.05, 0) is 30.3 Å². The zero-order valence-corrected chi connectivity index (χ0v) is 16.1.